The molecule has 4 nitrogen and oxygen atoms in total. The minimum Gasteiger partial charge on any atom is -0.480 e. The van der Waals surface area contributed by atoms with Crippen molar-refractivity contribution in [2.45, 2.75) is 58.4 Å². The molecule has 0 aromatic rings. The average Bonchev–Trinajstić information content (AvgIpc) is 2.31. The summed E-state index contributed by atoms with van der Waals surface area (Å²) in [6.07, 6.45) is 5.96. The van der Waals surface area contributed by atoms with E-state index in [-0.39, 0.29) is 6.04 Å². The fourth-order valence-corrected chi connectivity index (χ4v) is 2.04. The van der Waals surface area contributed by atoms with Crippen LogP contribution < -0.4 is 5.73 Å². The van der Waals surface area contributed by atoms with Crippen LogP contribution in [0.4, 0.5) is 0 Å². The highest BCUT2D eigenvalue weighted by Gasteiger charge is 2.23. The Hall–Kier alpha value is -0.610. The summed E-state index contributed by atoms with van der Waals surface area (Å²) in [5.41, 5.74) is 5.44. The number of carbonyl (C=O) groups is 1. The fourth-order valence-electron chi connectivity index (χ4n) is 2.04. The van der Waals surface area contributed by atoms with E-state index in [9.17, 15) is 9.90 Å². The zero-order chi connectivity index (χ0) is 13.1. The summed E-state index contributed by atoms with van der Waals surface area (Å²) in [6.45, 7) is 6.54. The topological polar surface area (TPSA) is 66.6 Å². The molecule has 3 N–H and O–H groups in total. The maximum absolute atomic E-state index is 11.3. The van der Waals surface area contributed by atoms with Crippen LogP contribution in [0.2, 0.25) is 0 Å². The van der Waals surface area contributed by atoms with Crippen LogP contribution in [-0.4, -0.2) is 41.7 Å². The predicted molar refractivity (Wildman–Crippen MR) is 71.1 cm³/mol. The van der Waals surface area contributed by atoms with E-state index in [0.717, 1.165) is 32.4 Å². The Kier molecular flexibility index (Phi) is 10.2. The van der Waals surface area contributed by atoms with Gasteiger partial charge in [-0.3, -0.25) is 9.69 Å². The molecule has 0 fully saturated rings. The third-order valence-electron chi connectivity index (χ3n) is 3.11. The highest BCUT2D eigenvalue weighted by molar-refractivity contribution is 5.73. The molecule has 0 aliphatic rings. The molecule has 0 spiro atoms. The van der Waals surface area contributed by atoms with E-state index in [1.54, 1.807) is 0 Å². The van der Waals surface area contributed by atoms with Crippen LogP contribution >= 0.6 is 0 Å². The molecule has 0 aromatic carbocycles. The summed E-state index contributed by atoms with van der Waals surface area (Å²) < 4.78 is 0. The Bertz CT molecular complexity index is 198. The lowest BCUT2D eigenvalue weighted by molar-refractivity contribution is -0.143. The first-order chi connectivity index (χ1) is 8.17. The number of hydrogen-bond acceptors (Lipinski definition) is 3. The fraction of sp³-hybridized carbons (Fsp3) is 0.923. The van der Waals surface area contributed by atoms with Gasteiger partial charge >= 0.3 is 5.97 Å². The van der Waals surface area contributed by atoms with Crippen molar-refractivity contribution in [3.8, 4) is 0 Å². The predicted octanol–water partition coefficient (Wildman–Crippen LogP) is 2.08. The second-order valence-corrected chi connectivity index (χ2v) is 4.47. The van der Waals surface area contributed by atoms with Crippen molar-refractivity contribution in [3.63, 3.8) is 0 Å². The third kappa shape index (κ3) is 7.34. The number of nitrogens with zero attached hydrogens (tertiary/aromatic N) is 1. The molecule has 0 aliphatic heterocycles. The number of unbranched alkanes of at least 4 members (excludes halogenated alkanes) is 3. The molecule has 1 unspecified atom stereocenters. The van der Waals surface area contributed by atoms with Crippen molar-refractivity contribution in [2.24, 2.45) is 5.73 Å². The molecule has 0 bridgehead atoms. The number of rotatable bonds is 11. The first kappa shape index (κ1) is 16.4. The van der Waals surface area contributed by atoms with E-state index >= 15 is 0 Å². The van der Waals surface area contributed by atoms with Crippen LogP contribution in [-0.2, 0) is 4.79 Å². The van der Waals surface area contributed by atoms with Crippen molar-refractivity contribution in [1.29, 1.82) is 0 Å². The van der Waals surface area contributed by atoms with Crippen molar-refractivity contribution in [1.82, 2.24) is 4.90 Å². The molecule has 0 heterocycles. The third-order valence-corrected chi connectivity index (χ3v) is 3.11. The molecule has 0 saturated heterocycles. The van der Waals surface area contributed by atoms with E-state index in [0.29, 0.717) is 13.0 Å². The zero-order valence-electron chi connectivity index (χ0n) is 11.3. The minimum absolute atomic E-state index is 0.330. The maximum Gasteiger partial charge on any atom is 0.320 e. The molecule has 0 aliphatic carbocycles. The number of carboxylic acids is 1. The lowest BCUT2D eigenvalue weighted by Gasteiger charge is -2.27. The van der Waals surface area contributed by atoms with E-state index in [1.165, 1.54) is 12.8 Å². The SMILES string of the molecule is CCCCCN(CC)C(CCCCN)C(=O)O. The average molecular weight is 244 g/mol. The molecular formula is C13H28N2O2. The quantitative estimate of drug-likeness (QED) is 0.546. The van der Waals surface area contributed by atoms with Gasteiger partial charge in [0.25, 0.3) is 0 Å². The smallest absolute Gasteiger partial charge is 0.320 e. The molecule has 0 radical (unpaired) electrons. The van der Waals surface area contributed by atoms with E-state index in [4.69, 9.17) is 5.73 Å². The monoisotopic (exact) mass is 244 g/mol. The Morgan fingerprint density at radius 2 is 1.94 bits per heavy atom. The van der Waals surface area contributed by atoms with Crippen molar-refractivity contribution in [2.75, 3.05) is 19.6 Å². The van der Waals surface area contributed by atoms with Gasteiger partial charge in [-0.2, -0.15) is 0 Å². The standard InChI is InChI=1S/C13H28N2O2/c1-3-5-8-11-15(4-2)12(13(16)17)9-6-7-10-14/h12H,3-11,14H2,1-2H3,(H,16,17). The Morgan fingerprint density at radius 1 is 1.24 bits per heavy atom. The van der Waals surface area contributed by atoms with Gasteiger partial charge in [-0.1, -0.05) is 33.1 Å². The van der Waals surface area contributed by atoms with Crippen molar-refractivity contribution in [3.05, 3.63) is 0 Å². The molecule has 4 heteroatoms. The Labute approximate surface area is 105 Å². The summed E-state index contributed by atoms with van der Waals surface area (Å²) in [5.74, 6) is -0.694. The van der Waals surface area contributed by atoms with E-state index in [2.05, 4.69) is 11.8 Å². The molecule has 0 aromatic heterocycles. The van der Waals surface area contributed by atoms with Gasteiger partial charge in [-0.25, -0.2) is 0 Å². The number of hydrogen-bond donors (Lipinski definition) is 2. The second kappa shape index (κ2) is 10.5. The summed E-state index contributed by atoms with van der Waals surface area (Å²) in [4.78, 5) is 13.3. The van der Waals surface area contributed by atoms with Crippen LogP contribution in [0, 0.1) is 0 Å². The molecule has 0 rings (SSSR count). The number of carboxylic acid groups (broad SMARTS) is 1. The first-order valence-electron chi connectivity index (χ1n) is 6.84. The Morgan fingerprint density at radius 3 is 2.41 bits per heavy atom. The normalized spacial score (nSPS) is 12.9. The number of nitrogens with two attached hydrogens (primary N) is 1. The van der Waals surface area contributed by atoms with Gasteiger partial charge in [0.15, 0.2) is 0 Å². The minimum atomic E-state index is -0.694. The van der Waals surface area contributed by atoms with Gasteiger partial charge in [0.1, 0.15) is 6.04 Å². The molecule has 0 amide bonds. The van der Waals surface area contributed by atoms with E-state index in [1.807, 2.05) is 6.92 Å². The number of likely N-dealkylation sites (N-methyl/N-ethyl adjacent to an activating group) is 1. The second-order valence-electron chi connectivity index (χ2n) is 4.47. The highest BCUT2D eigenvalue weighted by atomic mass is 16.4. The summed E-state index contributed by atoms with van der Waals surface area (Å²) in [7, 11) is 0. The molecule has 1 atom stereocenters. The van der Waals surface area contributed by atoms with Crippen LogP contribution in [0.3, 0.4) is 0 Å². The summed E-state index contributed by atoms with van der Waals surface area (Å²) in [6, 6.07) is -0.330. The summed E-state index contributed by atoms with van der Waals surface area (Å²) in [5, 5.41) is 9.26. The molecular weight excluding hydrogens is 216 g/mol. The van der Waals surface area contributed by atoms with Crippen LogP contribution in [0.1, 0.15) is 52.4 Å². The maximum atomic E-state index is 11.3. The largest absolute Gasteiger partial charge is 0.480 e. The molecule has 0 saturated carbocycles. The van der Waals surface area contributed by atoms with Gasteiger partial charge in [0.05, 0.1) is 0 Å². The summed E-state index contributed by atoms with van der Waals surface area (Å²) >= 11 is 0. The van der Waals surface area contributed by atoms with Gasteiger partial charge < -0.3 is 10.8 Å². The number of aliphatic carboxylic acids is 1. The van der Waals surface area contributed by atoms with Gasteiger partial charge in [-0.05, 0) is 38.9 Å². The van der Waals surface area contributed by atoms with Gasteiger partial charge in [0.2, 0.25) is 0 Å². The Balaban J connectivity index is 4.16. The molecule has 17 heavy (non-hydrogen) atoms. The zero-order valence-corrected chi connectivity index (χ0v) is 11.3. The van der Waals surface area contributed by atoms with Crippen molar-refractivity contribution >= 4 is 5.97 Å². The van der Waals surface area contributed by atoms with Crippen molar-refractivity contribution < 1.29 is 9.90 Å². The van der Waals surface area contributed by atoms with Gasteiger partial charge in [-0.15, -0.1) is 0 Å². The lowest BCUT2D eigenvalue weighted by atomic mass is 10.1. The highest BCUT2D eigenvalue weighted by Crippen LogP contribution is 2.11. The van der Waals surface area contributed by atoms with Crippen LogP contribution in [0.15, 0.2) is 0 Å². The van der Waals surface area contributed by atoms with Gasteiger partial charge in [0, 0.05) is 0 Å². The van der Waals surface area contributed by atoms with Crippen LogP contribution in [0.5, 0.6) is 0 Å². The first-order valence-corrected chi connectivity index (χ1v) is 6.84. The van der Waals surface area contributed by atoms with E-state index < -0.39 is 5.97 Å². The lowest BCUT2D eigenvalue weighted by Crippen LogP contribution is -2.41. The molecule has 102 valence electrons. The van der Waals surface area contributed by atoms with Crippen LogP contribution in [0.25, 0.3) is 0 Å².